The molecule has 0 fully saturated rings. The third-order valence-electron chi connectivity index (χ3n) is 2.77. The second-order valence-electron chi connectivity index (χ2n) is 5.01. The van der Waals surface area contributed by atoms with Crippen molar-refractivity contribution in [2.75, 3.05) is 12.3 Å². The summed E-state index contributed by atoms with van der Waals surface area (Å²) in [6.45, 7) is 4.19. The molecule has 120 valence electrons. The molecule has 3 N–H and O–H groups in total. The molecule has 0 aliphatic heterocycles. The highest BCUT2D eigenvalue weighted by Gasteiger charge is 2.26. The van der Waals surface area contributed by atoms with Gasteiger partial charge in [0.15, 0.2) is 0 Å². The molecule has 0 spiro atoms. The third kappa shape index (κ3) is 5.73. The number of amides is 1. The summed E-state index contributed by atoms with van der Waals surface area (Å²) in [4.78, 5) is 16.6. The molecule has 0 heterocycles. The van der Waals surface area contributed by atoms with Crippen LogP contribution in [0.25, 0.3) is 0 Å². The summed E-state index contributed by atoms with van der Waals surface area (Å²) in [7, 11) is 0. The fraction of sp³-hybridized carbons (Fsp3) is 0.357. The smallest absolute Gasteiger partial charge is 0.252 e. The van der Waals surface area contributed by atoms with Crippen molar-refractivity contribution in [3.05, 3.63) is 32.7 Å². The van der Waals surface area contributed by atoms with Gasteiger partial charge in [-0.2, -0.15) is 17.7 Å². The van der Waals surface area contributed by atoms with Crippen LogP contribution in [0, 0.1) is 0 Å². The Morgan fingerprint density at radius 2 is 1.95 bits per heavy atom. The second kappa shape index (κ2) is 8.69. The van der Waals surface area contributed by atoms with Crippen LogP contribution in [0.4, 0.5) is 0 Å². The Bertz CT molecular complexity index is 582. The summed E-state index contributed by atoms with van der Waals surface area (Å²) < 4.78 is 1.63. The normalized spacial score (nSPS) is 12.7. The number of halogens is 2. The zero-order valence-electron chi connectivity index (χ0n) is 12.3. The summed E-state index contributed by atoms with van der Waals surface area (Å²) in [5.74, 6) is 5.82. The molecule has 1 aromatic rings. The first-order chi connectivity index (χ1) is 10.3. The molecule has 0 aliphatic rings. The zero-order chi connectivity index (χ0) is 16.8. The average Bonchev–Trinajstić information content (AvgIpc) is 2.41. The largest absolute Gasteiger partial charge is 0.341 e. The number of hydrogen-bond acceptors (Lipinski definition) is 5. The van der Waals surface area contributed by atoms with Crippen molar-refractivity contribution in [2.24, 2.45) is 15.9 Å². The Balaban J connectivity index is 2.92. The minimum absolute atomic E-state index is 0.226. The van der Waals surface area contributed by atoms with Gasteiger partial charge >= 0.3 is 0 Å². The first-order valence-electron chi connectivity index (χ1n) is 6.48. The third-order valence-corrected chi connectivity index (χ3v) is 3.89. The van der Waals surface area contributed by atoms with Gasteiger partial charge in [-0.1, -0.05) is 31.9 Å². The van der Waals surface area contributed by atoms with Crippen LogP contribution >= 0.6 is 44.5 Å². The van der Waals surface area contributed by atoms with Crippen LogP contribution in [0.3, 0.4) is 0 Å². The number of thiol groups is 1. The first-order valence-corrected chi connectivity index (χ1v) is 8.69. The highest BCUT2D eigenvalue weighted by atomic mass is 79.9. The van der Waals surface area contributed by atoms with Crippen molar-refractivity contribution in [2.45, 2.75) is 19.4 Å². The van der Waals surface area contributed by atoms with Gasteiger partial charge in [-0.25, -0.2) is 0 Å². The van der Waals surface area contributed by atoms with Gasteiger partial charge in [0.05, 0.1) is 5.54 Å². The van der Waals surface area contributed by atoms with Crippen LogP contribution in [0.1, 0.15) is 24.2 Å². The Hall–Kier alpha value is -0.860. The van der Waals surface area contributed by atoms with Crippen molar-refractivity contribution >= 4 is 62.3 Å². The molecule has 0 atom stereocenters. The number of carbonyl (C=O) groups is 1. The molecule has 0 radical (unpaired) electrons. The van der Waals surface area contributed by atoms with Crippen LogP contribution in [-0.2, 0) is 0 Å². The van der Waals surface area contributed by atoms with Crippen molar-refractivity contribution < 1.29 is 4.79 Å². The number of aliphatic imine (C=N–C) groups is 1. The molecule has 1 amide bonds. The van der Waals surface area contributed by atoms with Crippen LogP contribution < -0.4 is 11.2 Å². The van der Waals surface area contributed by atoms with Gasteiger partial charge in [0, 0.05) is 33.0 Å². The Morgan fingerprint density at radius 1 is 1.36 bits per heavy atom. The number of hydrogen-bond donors (Lipinski definition) is 3. The number of carbonyl (C=O) groups excluding carboxylic acids is 1. The lowest BCUT2D eigenvalue weighted by Gasteiger charge is -2.25. The first kappa shape index (κ1) is 19.2. The van der Waals surface area contributed by atoms with Crippen molar-refractivity contribution in [3.8, 4) is 0 Å². The number of benzene rings is 1. The lowest BCUT2D eigenvalue weighted by Crippen LogP contribution is -2.50. The molecule has 8 heteroatoms. The standard InChI is InChI=1S/C14H18Br2N4OS/c1-14(2,12(20-17)8-18-3-4-22)19-13(21)9-5-10(15)7-11(16)6-9/h5-8,22H,3-4,17H2,1-2H3,(H,19,21)/b18-8?,20-12+. The average molecular weight is 450 g/mol. The molecule has 5 nitrogen and oxygen atoms in total. The monoisotopic (exact) mass is 448 g/mol. The minimum atomic E-state index is -0.749. The van der Waals surface area contributed by atoms with E-state index < -0.39 is 5.54 Å². The molecule has 0 unspecified atom stereocenters. The number of hydrazone groups is 1. The quantitative estimate of drug-likeness (QED) is 0.270. The summed E-state index contributed by atoms with van der Waals surface area (Å²) >= 11 is 10.8. The molecular weight excluding hydrogens is 432 g/mol. The Morgan fingerprint density at radius 3 is 2.45 bits per heavy atom. The van der Waals surface area contributed by atoms with Crippen molar-refractivity contribution in [3.63, 3.8) is 0 Å². The van der Waals surface area contributed by atoms with Crippen molar-refractivity contribution in [1.82, 2.24) is 5.32 Å². The molecular formula is C14H18Br2N4OS. The fourth-order valence-electron chi connectivity index (χ4n) is 1.67. The van der Waals surface area contributed by atoms with E-state index in [0.717, 1.165) is 8.95 Å². The maximum atomic E-state index is 12.4. The predicted molar refractivity (Wildman–Crippen MR) is 102 cm³/mol. The summed E-state index contributed by atoms with van der Waals surface area (Å²) in [6.07, 6.45) is 1.56. The van der Waals surface area contributed by atoms with E-state index in [1.54, 1.807) is 18.3 Å². The summed E-state index contributed by atoms with van der Waals surface area (Å²) in [5.41, 5.74) is 0.260. The lowest BCUT2D eigenvalue weighted by molar-refractivity contribution is 0.0932. The SMILES string of the molecule is CC(C)(NC(=O)c1cc(Br)cc(Br)c1)/C(C=NCCS)=N/N. The molecule has 0 aromatic heterocycles. The van der Waals surface area contributed by atoms with Gasteiger partial charge < -0.3 is 11.2 Å². The Labute approximate surface area is 152 Å². The van der Waals surface area contributed by atoms with E-state index in [9.17, 15) is 4.79 Å². The number of nitrogens with two attached hydrogens (primary N) is 1. The maximum absolute atomic E-state index is 12.4. The highest BCUT2D eigenvalue weighted by molar-refractivity contribution is 9.11. The molecule has 0 saturated carbocycles. The van der Waals surface area contributed by atoms with Crippen LogP contribution in [0.5, 0.6) is 0 Å². The van der Waals surface area contributed by atoms with Crippen LogP contribution in [-0.4, -0.2) is 35.7 Å². The lowest BCUT2D eigenvalue weighted by atomic mass is 9.98. The van der Waals surface area contributed by atoms with Crippen LogP contribution in [0.15, 0.2) is 37.2 Å². The van der Waals surface area contributed by atoms with E-state index in [4.69, 9.17) is 5.84 Å². The van der Waals surface area contributed by atoms with Gasteiger partial charge in [-0.15, -0.1) is 0 Å². The van der Waals surface area contributed by atoms with E-state index in [1.807, 2.05) is 19.9 Å². The van der Waals surface area contributed by atoms with E-state index in [2.05, 4.69) is 59.9 Å². The highest BCUT2D eigenvalue weighted by Crippen LogP contribution is 2.20. The van der Waals surface area contributed by atoms with Gasteiger partial charge in [-0.05, 0) is 32.0 Å². The van der Waals surface area contributed by atoms with Gasteiger partial charge in [0.25, 0.3) is 5.91 Å². The summed E-state index contributed by atoms with van der Waals surface area (Å²) in [5, 5.41) is 6.63. The topological polar surface area (TPSA) is 79.8 Å². The number of rotatable bonds is 6. The second-order valence-corrected chi connectivity index (χ2v) is 7.29. The van der Waals surface area contributed by atoms with E-state index in [1.165, 1.54) is 0 Å². The van der Waals surface area contributed by atoms with Gasteiger partial charge in [0.1, 0.15) is 5.71 Å². The summed E-state index contributed by atoms with van der Waals surface area (Å²) in [6, 6.07) is 5.34. The van der Waals surface area contributed by atoms with Crippen molar-refractivity contribution in [1.29, 1.82) is 0 Å². The number of nitrogens with zero attached hydrogens (tertiary/aromatic N) is 2. The molecule has 0 aliphatic carbocycles. The van der Waals surface area contributed by atoms with Gasteiger partial charge in [-0.3, -0.25) is 9.79 Å². The van der Waals surface area contributed by atoms with E-state index in [0.29, 0.717) is 23.6 Å². The maximum Gasteiger partial charge on any atom is 0.252 e. The van der Waals surface area contributed by atoms with E-state index in [-0.39, 0.29) is 5.91 Å². The molecule has 0 saturated heterocycles. The molecule has 22 heavy (non-hydrogen) atoms. The van der Waals surface area contributed by atoms with Gasteiger partial charge in [0.2, 0.25) is 0 Å². The molecule has 0 bridgehead atoms. The van der Waals surface area contributed by atoms with Crippen LogP contribution in [0.2, 0.25) is 0 Å². The number of nitrogens with one attached hydrogen (secondary N) is 1. The van der Waals surface area contributed by atoms with E-state index >= 15 is 0 Å². The fourth-order valence-corrected chi connectivity index (χ4v) is 3.08. The molecule has 1 aromatic carbocycles. The molecule has 1 rings (SSSR count). The minimum Gasteiger partial charge on any atom is -0.341 e. The Kier molecular flexibility index (Phi) is 7.58. The zero-order valence-corrected chi connectivity index (χ0v) is 16.4. The predicted octanol–water partition coefficient (Wildman–Crippen LogP) is 3.04.